The summed E-state index contributed by atoms with van der Waals surface area (Å²) < 4.78 is 11.9. The first-order valence-corrected chi connectivity index (χ1v) is 5.70. The fourth-order valence-corrected chi connectivity index (χ4v) is 1.88. The van der Waals surface area contributed by atoms with Crippen molar-refractivity contribution in [1.29, 1.82) is 0 Å². The minimum Gasteiger partial charge on any atom is -0.381 e. The van der Waals surface area contributed by atoms with Crippen LogP contribution in [0.3, 0.4) is 0 Å². The summed E-state index contributed by atoms with van der Waals surface area (Å²) in [6.45, 7) is 1.61. The number of aromatic nitrogens is 2. The van der Waals surface area contributed by atoms with Gasteiger partial charge >= 0.3 is 0 Å². The summed E-state index contributed by atoms with van der Waals surface area (Å²) in [6.07, 6.45) is 5.44. The van der Waals surface area contributed by atoms with Crippen LogP contribution in [0.15, 0.2) is 12.4 Å². The fourth-order valence-electron chi connectivity index (χ4n) is 1.88. The maximum Gasteiger partial charge on any atom is 0.250 e. The lowest BCUT2D eigenvalue weighted by molar-refractivity contribution is -0.119. The molecule has 1 aliphatic rings. The molecule has 2 rings (SSSR count). The number of hydrogen-bond acceptors (Lipinski definition) is 4. The van der Waals surface area contributed by atoms with Gasteiger partial charge in [0, 0.05) is 26.5 Å². The zero-order valence-electron chi connectivity index (χ0n) is 9.89. The average Bonchev–Trinajstić information content (AvgIpc) is 2.79. The van der Waals surface area contributed by atoms with Crippen molar-refractivity contribution < 1.29 is 14.3 Å². The summed E-state index contributed by atoms with van der Waals surface area (Å²) in [6, 6.07) is 0.372. The maximum absolute atomic E-state index is 11.3. The Bertz CT molecular complexity index is 372. The van der Waals surface area contributed by atoms with Crippen LogP contribution in [0.5, 0.6) is 0 Å². The Kier molecular flexibility index (Phi) is 4.11. The number of methoxy groups -OCH3 is 1. The lowest BCUT2D eigenvalue weighted by Crippen LogP contribution is -2.20. The molecule has 0 spiro atoms. The van der Waals surface area contributed by atoms with E-state index < -0.39 is 0 Å². The molecule has 6 nitrogen and oxygen atoms in total. The third-order valence-corrected chi connectivity index (χ3v) is 2.73. The lowest BCUT2D eigenvalue weighted by Gasteiger charge is -2.22. The Morgan fingerprint density at radius 3 is 3.12 bits per heavy atom. The topological polar surface area (TPSA) is 65.4 Å². The van der Waals surface area contributed by atoms with Crippen LogP contribution in [-0.2, 0) is 14.3 Å². The number of nitrogens with zero attached hydrogens (tertiary/aromatic N) is 2. The van der Waals surface area contributed by atoms with Gasteiger partial charge in [-0.1, -0.05) is 0 Å². The minimum absolute atomic E-state index is 0.0580. The van der Waals surface area contributed by atoms with Gasteiger partial charge in [-0.15, -0.1) is 0 Å². The van der Waals surface area contributed by atoms with Crippen molar-refractivity contribution in [3.05, 3.63) is 12.4 Å². The summed E-state index contributed by atoms with van der Waals surface area (Å²) in [5.41, 5.74) is 0.707. The first-order chi connectivity index (χ1) is 8.29. The van der Waals surface area contributed by atoms with Crippen LogP contribution in [-0.4, -0.2) is 42.6 Å². The summed E-state index contributed by atoms with van der Waals surface area (Å²) in [5.74, 6) is -0.168. The number of amides is 1. The number of hydrogen-bond donors (Lipinski definition) is 1. The molecule has 1 aromatic rings. The van der Waals surface area contributed by atoms with Gasteiger partial charge in [0.15, 0.2) is 0 Å². The minimum atomic E-state index is -0.168. The zero-order valence-corrected chi connectivity index (χ0v) is 9.89. The Hall–Kier alpha value is -1.40. The van der Waals surface area contributed by atoms with Gasteiger partial charge in [-0.3, -0.25) is 9.48 Å². The lowest BCUT2D eigenvalue weighted by atomic mass is 10.1. The molecule has 1 fully saturated rings. The molecule has 1 amide bonds. The first kappa shape index (κ1) is 12.1. The summed E-state index contributed by atoms with van der Waals surface area (Å²) >= 11 is 0. The zero-order chi connectivity index (χ0) is 12.1. The van der Waals surface area contributed by atoms with E-state index in [-0.39, 0.29) is 12.5 Å². The molecule has 0 bridgehead atoms. The summed E-state index contributed by atoms with van der Waals surface area (Å²) in [5, 5.41) is 6.98. The summed E-state index contributed by atoms with van der Waals surface area (Å²) in [4.78, 5) is 11.3. The number of nitrogens with one attached hydrogen (secondary N) is 1. The van der Waals surface area contributed by atoms with Crippen molar-refractivity contribution in [2.45, 2.75) is 18.9 Å². The van der Waals surface area contributed by atoms with Crippen molar-refractivity contribution in [3.8, 4) is 0 Å². The molecule has 2 heterocycles. The van der Waals surface area contributed by atoms with Crippen LogP contribution in [0.25, 0.3) is 0 Å². The molecule has 0 unspecified atom stereocenters. The molecule has 1 aromatic heterocycles. The van der Waals surface area contributed by atoms with Gasteiger partial charge in [0.25, 0.3) is 0 Å². The van der Waals surface area contributed by atoms with E-state index in [1.807, 2.05) is 10.9 Å². The van der Waals surface area contributed by atoms with E-state index >= 15 is 0 Å². The average molecular weight is 239 g/mol. The van der Waals surface area contributed by atoms with E-state index in [1.54, 1.807) is 6.20 Å². The number of rotatable bonds is 4. The molecule has 94 valence electrons. The Morgan fingerprint density at radius 1 is 1.65 bits per heavy atom. The first-order valence-electron chi connectivity index (χ1n) is 5.70. The number of ether oxygens (including phenoxy) is 2. The predicted octanol–water partition coefficient (Wildman–Crippen LogP) is 0.819. The second kappa shape index (κ2) is 5.79. The van der Waals surface area contributed by atoms with Crippen molar-refractivity contribution in [2.75, 3.05) is 32.2 Å². The predicted molar refractivity (Wildman–Crippen MR) is 61.8 cm³/mol. The molecule has 0 radical (unpaired) electrons. The van der Waals surface area contributed by atoms with Crippen LogP contribution in [0.1, 0.15) is 18.9 Å². The Morgan fingerprint density at radius 2 is 2.41 bits per heavy atom. The number of carbonyl (C=O) groups is 1. The normalized spacial score (nSPS) is 17.0. The molecule has 1 saturated heterocycles. The highest BCUT2D eigenvalue weighted by molar-refractivity contribution is 5.91. The van der Waals surface area contributed by atoms with Gasteiger partial charge in [0.1, 0.15) is 6.61 Å². The van der Waals surface area contributed by atoms with Gasteiger partial charge in [0.05, 0.1) is 17.9 Å². The van der Waals surface area contributed by atoms with Crippen LogP contribution >= 0.6 is 0 Å². The Balaban J connectivity index is 1.93. The largest absolute Gasteiger partial charge is 0.381 e. The molecule has 0 aliphatic carbocycles. The van der Waals surface area contributed by atoms with Crippen LogP contribution in [0.2, 0.25) is 0 Å². The highest BCUT2D eigenvalue weighted by Gasteiger charge is 2.16. The van der Waals surface area contributed by atoms with Gasteiger partial charge in [-0.05, 0) is 12.8 Å². The van der Waals surface area contributed by atoms with Crippen molar-refractivity contribution in [3.63, 3.8) is 0 Å². The molecule has 0 saturated carbocycles. The van der Waals surface area contributed by atoms with E-state index in [2.05, 4.69) is 10.4 Å². The van der Waals surface area contributed by atoms with Crippen molar-refractivity contribution in [1.82, 2.24) is 9.78 Å². The third-order valence-electron chi connectivity index (χ3n) is 2.73. The number of anilines is 1. The molecule has 6 heteroatoms. The highest BCUT2D eigenvalue weighted by Crippen LogP contribution is 2.21. The van der Waals surface area contributed by atoms with E-state index in [4.69, 9.17) is 9.47 Å². The fraction of sp³-hybridized carbons (Fsp3) is 0.636. The Labute approximate surface area is 99.9 Å². The second-order valence-electron chi connectivity index (χ2n) is 4.03. The van der Waals surface area contributed by atoms with Gasteiger partial charge in [-0.25, -0.2) is 0 Å². The quantitative estimate of drug-likeness (QED) is 0.844. The van der Waals surface area contributed by atoms with Crippen molar-refractivity contribution >= 4 is 11.6 Å². The van der Waals surface area contributed by atoms with E-state index in [0.717, 1.165) is 26.1 Å². The van der Waals surface area contributed by atoms with Gasteiger partial charge in [-0.2, -0.15) is 5.10 Å². The standard InChI is InChI=1S/C11H17N3O3/c1-16-8-11(15)13-9-6-12-14(7-9)10-2-4-17-5-3-10/h6-7,10H,2-5,8H2,1H3,(H,13,15). The van der Waals surface area contributed by atoms with Crippen LogP contribution in [0, 0.1) is 0 Å². The molecule has 17 heavy (non-hydrogen) atoms. The van der Waals surface area contributed by atoms with Crippen LogP contribution in [0.4, 0.5) is 5.69 Å². The molecular formula is C11H17N3O3. The molecule has 1 N–H and O–H groups in total. The van der Waals surface area contributed by atoms with Crippen molar-refractivity contribution in [2.24, 2.45) is 0 Å². The molecule has 0 aromatic carbocycles. The maximum atomic E-state index is 11.3. The van der Waals surface area contributed by atoms with E-state index in [9.17, 15) is 4.79 Å². The number of carbonyl (C=O) groups excluding carboxylic acids is 1. The summed E-state index contributed by atoms with van der Waals surface area (Å²) in [7, 11) is 1.49. The second-order valence-corrected chi connectivity index (χ2v) is 4.03. The molecule has 0 atom stereocenters. The van der Waals surface area contributed by atoms with Gasteiger partial charge in [0.2, 0.25) is 5.91 Å². The molecule has 1 aliphatic heterocycles. The smallest absolute Gasteiger partial charge is 0.250 e. The van der Waals surface area contributed by atoms with Gasteiger partial charge < -0.3 is 14.8 Å². The SMILES string of the molecule is COCC(=O)Nc1cnn(C2CCOCC2)c1. The van der Waals surface area contributed by atoms with E-state index in [1.165, 1.54) is 7.11 Å². The monoisotopic (exact) mass is 239 g/mol. The van der Waals surface area contributed by atoms with Crippen LogP contribution < -0.4 is 5.32 Å². The molecular weight excluding hydrogens is 222 g/mol. The third kappa shape index (κ3) is 3.28. The van der Waals surface area contributed by atoms with E-state index in [0.29, 0.717) is 11.7 Å². The highest BCUT2D eigenvalue weighted by atomic mass is 16.5.